The summed E-state index contributed by atoms with van der Waals surface area (Å²) in [6.07, 6.45) is 2.62. The molecule has 22 heavy (non-hydrogen) atoms. The molecule has 0 unspecified atom stereocenters. The summed E-state index contributed by atoms with van der Waals surface area (Å²) in [7, 11) is 0. The van der Waals surface area contributed by atoms with E-state index in [2.05, 4.69) is 5.32 Å². The molecule has 3 rings (SSSR count). The number of piperidine rings is 1. The Balaban J connectivity index is 1.73. The van der Waals surface area contributed by atoms with Gasteiger partial charge in [-0.3, -0.25) is 4.79 Å². The summed E-state index contributed by atoms with van der Waals surface area (Å²) in [5, 5.41) is 6.95. The number of rotatable bonds is 2. The van der Waals surface area contributed by atoms with Gasteiger partial charge in [-0.05, 0) is 44.6 Å². The van der Waals surface area contributed by atoms with Gasteiger partial charge in [-0.1, -0.05) is 0 Å². The van der Waals surface area contributed by atoms with Crippen LogP contribution in [-0.4, -0.2) is 42.5 Å². The van der Waals surface area contributed by atoms with Gasteiger partial charge in [-0.15, -0.1) is 0 Å². The Kier molecular flexibility index (Phi) is 4.12. The highest BCUT2D eigenvalue weighted by Crippen LogP contribution is 2.42. The molecule has 0 bridgehead atoms. The van der Waals surface area contributed by atoms with Crippen molar-refractivity contribution in [2.24, 2.45) is 5.41 Å². The van der Waals surface area contributed by atoms with E-state index in [1.54, 1.807) is 11.3 Å². The summed E-state index contributed by atoms with van der Waals surface area (Å²) in [4.78, 5) is 28.9. The lowest BCUT2D eigenvalue weighted by Crippen LogP contribution is -2.53. The second kappa shape index (κ2) is 5.91. The first kappa shape index (κ1) is 15.3. The Morgan fingerprint density at radius 1 is 1.36 bits per heavy atom. The molecule has 3 heterocycles. The van der Waals surface area contributed by atoms with Crippen molar-refractivity contribution in [3.05, 3.63) is 16.8 Å². The lowest BCUT2D eigenvalue weighted by Gasteiger charge is -2.39. The van der Waals surface area contributed by atoms with Crippen molar-refractivity contribution in [1.29, 1.82) is 0 Å². The van der Waals surface area contributed by atoms with Crippen LogP contribution in [0.5, 0.6) is 0 Å². The van der Waals surface area contributed by atoms with Crippen molar-refractivity contribution in [3.63, 3.8) is 0 Å². The molecule has 0 aromatic carbocycles. The predicted octanol–water partition coefficient (Wildman–Crippen LogP) is 2.69. The third-order valence-electron chi connectivity index (χ3n) is 4.61. The van der Waals surface area contributed by atoms with Crippen LogP contribution in [0, 0.1) is 5.41 Å². The van der Waals surface area contributed by atoms with Gasteiger partial charge < -0.3 is 15.1 Å². The van der Waals surface area contributed by atoms with Gasteiger partial charge in [-0.2, -0.15) is 11.3 Å². The molecule has 1 spiro atoms. The molecule has 1 N–H and O–H groups in total. The number of nitrogens with zero attached hydrogens (tertiary/aromatic N) is 2. The highest BCUT2D eigenvalue weighted by atomic mass is 32.1. The standard InChI is InChI=1S/C16H23N3O2S/c1-12(2)17-15(21)18-7-3-5-16(11-18)6-8-19(14(16)20)13-4-9-22-10-13/h4,9-10,12H,3,5-8,11H2,1-2H3,(H,17,21)/t16-/m1/s1. The first-order valence-electron chi connectivity index (χ1n) is 7.91. The van der Waals surface area contributed by atoms with E-state index >= 15 is 0 Å². The van der Waals surface area contributed by atoms with Crippen LogP contribution in [0.4, 0.5) is 10.5 Å². The van der Waals surface area contributed by atoms with Gasteiger partial charge in [0, 0.05) is 31.1 Å². The fourth-order valence-electron chi connectivity index (χ4n) is 3.50. The number of amides is 3. The van der Waals surface area contributed by atoms with E-state index in [1.807, 2.05) is 40.5 Å². The summed E-state index contributed by atoms with van der Waals surface area (Å²) >= 11 is 1.61. The van der Waals surface area contributed by atoms with E-state index in [0.29, 0.717) is 6.54 Å². The van der Waals surface area contributed by atoms with Gasteiger partial charge in [0.15, 0.2) is 0 Å². The highest BCUT2D eigenvalue weighted by molar-refractivity contribution is 7.08. The van der Waals surface area contributed by atoms with Crippen LogP contribution < -0.4 is 10.2 Å². The van der Waals surface area contributed by atoms with Crippen LogP contribution in [0.3, 0.4) is 0 Å². The van der Waals surface area contributed by atoms with Gasteiger partial charge in [0.1, 0.15) is 0 Å². The molecular formula is C16H23N3O2S. The smallest absolute Gasteiger partial charge is 0.317 e. The van der Waals surface area contributed by atoms with Crippen molar-refractivity contribution in [3.8, 4) is 0 Å². The minimum absolute atomic E-state index is 0.0455. The van der Waals surface area contributed by atoms with Gasteiger partial charge in [-0.25, -0.2) is 4.79 Å². The van der Waals surface area contributed by atoms with E-state index in [4.69, 9.17) is 0 Å². The molecule has 1 aromatic rings. The number of carbonyl (C=O) groups is 2. The van der Waals surface area contributed by atoms with Crippen molar-refractivity contribution < 1.29 is 9.59 Å². The molecule has 0 radical (unpaired) electrons. The van der Waals surface area contributed by atoms with Crippen LogP contribution in [-0.2, 0) is 4.79 Å². The molecule has 1 atom stereocenters. The number of hydrogen-bond acceptors (Lipinski definition) is 3. The third kappa shape index (κ3) is 2.72. The molecule has 2 saturated heterocycles. The van der Waals surface area contributed by atoms with Crippen molar-refractivity contribution >= 4 is 29.0 Å². The highest BCUT2D eigenvalue weighted by Gasteiger charge is 2.50. The Morgan fingerprint density at radius 2 is 2.18 bits per heavy atom. The van der Waals surface area contributed by atoms with Crippen molar-refractivity contribution in [1.82, 2.24) is 10.2 Å². The van der Waals surface area contributed by atoms with E-state index in [0.717, 1.165) is 38.0 Å². The SMILES string of the molecule is CC(C)NC(=O)N1CCC[C@@]2(CCN(c3ccsc3)C2=O)C1. The fourth-order valence-corrected chi connectivity index (χ4v) is 4.14. The summed E-state index contributed by atoms with van der Waals surface area (Å²) in [6.45, 7) is 5.96. The normalized spacial score (nSPS) is 25.3. The number of anilines is 1. The molecular weight excluding hydrogens is 298 g/mol. The van der Waals surface area contributed by atoms with Crippen LogP contribution >= 0.6 is 11.3 Å². The van der Waals surface area contributed by atoms with Gasteiger partial charge in [0.25, 0.3) is 0 Å². The number of nitrogens with one attached hydrogen (secondary N) is 1. The Hall–Kier alpha value is -1.56. The lowest BCUT2D eigenvalue weighted by molar-refractivity contribution is -0.127. The molecule has 6 heteroatoms. The zero-order chi connectivity index (χ0) is 15.7. The van der Waals surface area contributed by atoms with Crippen LogP contribution in [0.2, 0.25) is 0 Å². The van der Waals surface area contributed by atoms with E-state index in [1.165, 1.54) is 0 Å². The molecule has 2 aliphatic heterocycles. The maximum absolute atomic E-state index is 12.9. The third-order valence-corrected chi connectivity index (χ3v) is 5.28. The van der Waals surface area contributed by atoms with Gasteiger partial charge >= 0.3 is 6.03 Å². The minimum Gasteiger partial charge on any atom is -0.336 e. The number of urea groups is 1. The summed E-state index contributed by atoms with van der Waals surface area (Å²) in [5.41, 5.74) is 0.616. The average Bonchev–Trinajstić information content (AvgIpc) is 3.09. The van der Waals surface area contributed by atoms with Crippen LogP contribution in [0.15, 0.2) is 16.8 Å². The Morgan fingerprint density at radius 3 is 2.86 bits per heavy atom. The molecule has 120 valence electrons. The molecule has 0 saturated carbocycles. The minimum atomic E-state index is -0.380. The van der Waals surface area contributed by atoms with E-state index < -0.39 is 0 Å². The van der Waals surface area contributed by atoms with Crippen molar-refractivity contribution in [2.75, 3.05) is 24.5 Å². The molecule has 3 amide bonds. The van der Waals surface area contributed by atoms with Crippen molar-refractivity contribution in [2.45, 2.75) is 39.2 Å². The fraction of sp³-hybridized carbons (Fsp3) is 0.625. The number of likely N-dealkylation sites (tertiary alicyclic amines) is 1. The van der Waals surface area contributed by atoms with Gasteiger partial charge in [0.2, 0.25) is 5.91 Å². The molecule has 5 nitrogen and oxygen atoms in total. The second-order valence-electron chi connectivity index (χ2n) is 6.60. The molecule has 0 aliphatic carbocycles. The number of hydrogen-bond donors (Lipinski definition) is 1. The first-order valence-corrected chi connectivity index (χ1v) is 8.86. The summed E-state index contributed by atoms with van der Waals surface area (Å²) in [5.74, 6) is 0.188. The number of carbonyl (C=O) groups excluding carboxylic acids is 2. The quantitative estimate of drug-likeness (QED) is 0.910. The Bertz CT molecular complexity index is 558. The van der Waals surface area contributed by atoms with E-state index in [9.17, 15) is 9.59 Å². The molecule has 2 fully saturated rings. The molecule has 2 aliphatic rings. The monoisotopic (exact) mass is 321 g/mol. The van der Waals surface area contributed by atoms with Gasteiger partial charge in [0.05, 0.1) is 11.1 Å². The first-order chi connectivity index (χ1) is 10.5. The lowest BCUT2D eigenvalue weighted by atomic mass is 9.78. The summed E-state index contributed by atoms with van der Waals surface area (Å²) in [6, 6.07) is 2.07. The average molecular weight is 321 g/mol. The van der Waals surface area contributed by atoms with Crippen LogP contribution in [0.25, 0.3) is 0 Å². The van der Waals surface area contributed by atoms with Crippen LogP contribution in [0.1, 0.15) is 33.1 Å². The molecule has 1 aromatic heterocycles. The number of thiophene rings is 1. The largest absolute Gasteiger partial charge is 0.336 e. The second-order valence-corrected chi connectivity index (χ2v) is 7.38. The zero-order valence-corrected chi connectivity index (χ0v) is 14.0. The maximum Gasteiger partial charge on any atom is 0.317 e. The topological polar surface area (TPSA) is 52.7 Å². The Labute approximate surface area is 135 Å². The van der Waals surface area contributed by atoms with E-state index in [-0.39, 0.29) is 23.4 Å². The zero-order valence-electron chi connectivity index (χ0n) is 13.2. The summed E-state index contributed by atoms with van der Waals surface area (Å²) < 4.78 is 0. The predicted molar refractivity (Wildman–Crippen MR) is 88.2 cm³/mol. The maximum atomic E-state index is 12.9.